The van der Waals surface area contributed by atoms with E-state index in [4.69, 9.17) is 0 Å². The van der Waals surface area contributed by atoms with Gasteiger partial charge in [0.25, 0.3) is 0 Å². The second-order valence-electron chi connectivity index (χ2n) is 5.78. The van der Waals surface area contributed by atoms with Crippen LogP contribution in [0.1, 0.15) is 36.8 Å². The van der Waals surface area contributed by atoms with Gasteiger partial charge in [-0.1, -0.05) is 0 Å². The minimum atomic E-state index is -0.0801. The van der Waals surface area contributed by atoms with Crippen LogP contribution in [0.4, 0.5) is 0 Å². The molecule has 110 valence electrons. The SMILES string of the molecule is O[C@H]1CCCC[C@@H]1[Se]c1ccccc1Cc1ccccc1. The topological polar surface area (TPSA) is 20.2 Å². The van der Waals surface area contributed by atoms with E-state index in [1.54, 1.807) is 0 Å². The van der Waals surface area contributed by atoms with Crippen molar-refractivity contribution in [3.63, 3.8) is 0 Å². The van der Waals surface area contributed by atoms with Gasteiger partial charge in [0, 0.05) is 0 Å². The van der Waals surface area contributed by atoms with E-state index < -0.39 is 0 Å². The van der Waals surface area contributed by atoms with Crippen LogP contribution in [0.15, 0.2) is 54.6 Å². The van der Waals surface area contributed by atoms with Crippen LogP contribution < -0.4 is 4.46 Å². The fourth-order valence-corrected chi connectivity index (χ4v) is 5.80. The van der Waals surface area contributed by atoms with E-state index in [1.807, 2.05) is 0 Å². The van der Waals surface area contributed by atoms with Gasteiger partial charge in [0.1, 0.15) is 0 Å². The number of hydrogen-bond donors (Lipinski definition) is 1. The Morgan fingerprint density at radius 1 is 0.905 bits per heavy atom. The van der Waals surface area contributed by atoms with E-state index >= 15 is 0 Å². The average molecular weight is 345 g/mol. The van der Waals surface area contributed by atoms with Crippen LogP contribution in [-0.4, -0.2) is 26.2 Å². The Kier molecular flexibility index (Phi) is 5.13. The van der Waals surface area contributed by atoms with E-state index in [-0.39, 0.29) is 6.10 Å². The van der Waals surface area contributed by atoms with Crippen molar-refractivity contribution in [3.8, 4) is 0 Å². The van der Waals surface area contributed by atoms with Gasteiger partial charge in [0.15, 0.2) is 0 Å². The molecule has 2 aromatic rings. The molecule has 0 saturated heterocycles. The third-order valence-corrected chi connectivity index (χ3v) is 7.31. The van der Waals surface area contributed by atoms with Crippen LogP contribution >= 0.6 is 0 Å². The third-order valence-electron chi connectivity index (χ3n) is 4.16. The van der Waals surface area contributed by atoms with Crippen molar-refractivity contribution in [1.29, 1.82) is 0 Å². The molecular formula is C19H22OSe. The van der Waals surface area contributed by atoms with E-state index in [0.717, 1.165) is 12.8 Å². The number of aliphatic hydroxyl groups is 1. The summed E-state index contributed by atoms with van der Waals surface area (Å²) in [6.07, 6.45) is 5.59. The quantitative estimate of drug-likeness (QED) is 0.843. The molecule has 2 atom stereocenters. The summed E-state index contributed by atoms with van der Waals surface area (Å²) in [5.41, 5.74) is 2.80. The zero-order valence-corrected chi connectivity index (χ0v) is 14.0. The summed E-state index contributed by atoms with van der Waals surface area (Å²) in [6.45, 7) is 0. The van der Waals surface area contributed by atoms with Crippen molar-refractivity contribution in [2.45, 2.75) is 43.0 Å². The van der Waals surface area contributed by atoms with Crippen LogP contribution in [0.2, 0.25) is 4.82 Å². The zero-order chi connectivity index (χ0) is 14.5. The number of aliphatic hydroxyl groups excluding tert-OH is 1. The van der Waals surface area contributed by atoms with E-state index in [0.29, 0.717) is 19.8 Å². The zero-order valence-electron chi connectivity index (χ0n) is 12.2. The monoisotopic (exact) mass is 346 g/mol. The molecule has 1 N–H and O–H groups in total. The molecule has 0 aliphatic heterocycles. The van der Waals surface area contributed by atoms with Crippen LogP contribution in [0.25, 0.3) is 0 Å². The number of rotatable bonds is 4. The second kappa shape index (κ2) is 7.26. The number of hydrogen-bond acceptors (Lipinski definition) is 1. The normalized spacial score (nSPS) is 22.1. The van der Waals surface area contributed by atoms with Crippen molar-refractivity contribution in [3.05, 3.63) is 65.7 Å². The average Bonchev–Trinajstić information content (AvgIpc) is 2.52. The molecule has 0 aromatic heterocycles. The Labute approximate surface area is 133 Å². The van der Waals surface area contributed by atoms with Gasteiger partial charge in [0.2, 0.25) is 0 Å². The molecule has 0 amide bonds. The number of benzene rings is 2. The molecule has 2 heteroatoms. The predicted molar refractivity (Wildman–Crippen MR) is 89.3 cm³/mol. The molecule has 1 aliphatic carbocycles. The minimum absolute atomic E-state index is 0.0801. The van der Waals surface area contributed by atoms with Gasteiger partial charge in [0.05, 0.1) is 0 Å². The Hall–Kier alpha value is -1.08. The van der Waals surface area contributed by atoms with E-state index in [9.17, 15) is 5.11 Å². The summed E-state index contributed by atoms with van der Waals surface area (Å²) in [6, 6.07) is 19.5. The summed E-state index contributed by atoms with van der Waals surface area (Å²) >= 11 is 0.380. The summed E-state index contributed by atoms with van der Waals surface area (Å²) in [5, 5.41) is 10.2. The molecule has 2 aromatic carbocycles. The fourth-order valence-electron chi connectivity index (χ4n) is 2.96. The van der Waals surface area contributed by atoms with Gasteiger partial charge >= 0.3 is 133 Å². The Bertz CT molecular complexity index is 567. The Morgan fingerprint density at radius 2 is 1.62 bits per heavy atom. The molecule has 1 nitrogen and oxygen atoms in total. The summed E-state index contributed by atoms with van der Waals surface area (Å²) in [7, 11) is 0. The van der Waals surface area contributed by atoms with Gasteiger partial charge in [-0.05, 0) is 0 Å². The van der Waals surface area contributed by atoms with Crippen LogP contribution in [0.3, 0.4) is 0 Å². The van der Waals surface area contributed by atoms with E-state index in [2.05, 4.69) is 54.6 Å². The van der Waals surface area contributed by atoms with Gasteiger partial charge < -0.3 is 0 Å². The third kappa shape index (κ3) is 3.97. The molecule has 3 rings (SSSR count). The van der Waals surface area contributed by atoms with Gasteiger partial charge in [-0.25, -0.2) is 0 Å². The van der Waals surface area contributed by atoms with Crippen LogP contribution in [-0.2, 0) is 6.42 Å². The van der Waals surface area contributed by atoms with Gasteiger partial charge in [-0.3, -0.25) is 0 Å². The first-order valence-electron chi connectivity index (χ1n) is 7.79. The molecule has 21 heavy (non-hydrogen) atoms. The van der Waals surface area contributed by atoms with Crippen molar-refractivity contribution in [2.24, 2.45) is 0 Å². The predicted octanol–water partition coefficient (Wildman–Crippen LogP) is 3.33. The first kappa shape index (κ1) is 14.8. The van der Waals surface area contributed by atoms with Gasteiger partial charge in [-0.2, -0.15) is 0 Å². The molecule has 0 bridgehead atoms. The van der Waals surface area contributed by atoms with E-state index in [1.165, 1.54) is 34.9 Å². The van der Waals surface area contributed by atoms with Crippen molar-refractivity contribution >= 4 is 19.4 Å². The summed E-state index contributed by atoms with van der Waals surface area (Å²) in [4.78, 5) is 0.503. The van der Waals surface area contributed by atoms with Gasteiger partial charge in [-0.15, -0.1) is 0 Å². The molecular weight excluding hydrogens is 323 g/mol. The Balaban J connectivity index is 1.76. The van der Waals surface area contributed by atoms with Crippen molar-refractivity contribution in [1.82, 2.24) is 0 Å². The van der Waals surface area contributed by atoms with Crippen LogP contribution in [0, 0.1) is 0 Å². The molecule has 0 unspecified atom stereocenters. The second-order valence-corrected chi connectivity index (χ2v) is 8.47. The summed E-state index contributed by atoms with van der Waals surface area (Å²) < 4.78 is 1.47. The fraction of sp³-hybridized carbons (Fsp3) is 0.368. The summed E-state index contributed by atoms with van der Waals surface area (Å²) in [5.74, 6) is 0. The molecule has 0 heterocycles. The molecule has 1 fully saturated rings. The van der Waals surface area contributed by atoms with Crippen LogP contribution in [0.5, 0.6) is 0 Å². The maximum atomic E-state index is 10.2. The van der Waals surface area contributed by atoms with Crippen molar-refractivity contribution in [2.75, 3.05) is 0 Å². The molecule has 0 spiro atoms. The standard InChI is InChI=1S/C19H22OSe/c20-17-11-5-7-13-19(17)21-18-12-6-4-10-16(18)14-15-8-2-1-3-9-15/h1-4,6,8-10,12,17,19-20H,5,7,11,13-14H2/t17-,19-/m0/s1. The maximum absolute atomic E-state index is 10.2. The molecule has 1 saturated carbocycles. The first-order chi connectivity index (χ1) is 10.3. The van der Waals surface area contributed by atoms with Crippen molar-refractivity contribution < 1.29 is 5.11 Å². The molecule has 0 radical (unpaired) electrons. The Morgan fingerprint density at radius 3 is 2.43 bits per heavy atom. The molecule has 1 aliphatic rings. The first-order valence-corrected chi connectivity index (χ1v) is 9.64.